The summed E-state index contributed by atoms with van der Waals surface area (Å²) >= 11 is 6.07. The molecule has 2 aromatic carbocycles. The molecule has 1 N–H and O–H groups in total. The van der Waals surface area contributed by atoms with Crippen molar-refractivity contribution < 1.29 is 14.3 Å². The van der Waals surface area contributed by atoms with Gasteiger partial charge in [-0.3, -0.25) is 4.79 Å². The Hall–Kier alpha value is -2.20. The molecule has 1 atom stereocenters. The number of halogens is 1. The predicted molar refractivity (Wildman–Crippen MR) is 92.6 cm³/mol. The zero-order chi connectivity index (χ0) is 17.0. The second kappa shape index (κ2) is 7.38. The quantitative estimate of drug-likeness (QED) is 0.883. The van der Waals surface area contributed by atoms with Crippen molar-refractivity contribution in [3.8, 4) is 11.5 Å². The lowest BCUT2D eigenvalue weighted by Gasteiger charge is -2.17. The van der Waals surface area contributed by atoms with Gasteiger partial charge >= 0.3 is 0 Å². The highest BCUT2D eigenvalue weighted by Gasteiger charge is 2.17. The third kappa shape index (κ3) is 4.39. The van der Waals surface area contributed by atoms with E-state index in [1.807, 2.05) is 38.1 Å². The number of hydrogen-bond acceptors (Lipinski definition) is 3. The van der Waals surface area contributed by atoms with Crippen molar-refractivity contribution in [1.29, 1.82) is 0 Å². The molecule has 122 valence electrons. The topological polar surface area (TPSA) is 47.6 Å². The number of benzene rings is 2. The minimum Gasteiger partial charge on any atom is -0.495 e. The van der Waals surface area contributed by atoms with E-state index in [1.54, 1.807) is 19.1 Å². The number of rotatable bonds is 5. The fraction of sp³-hybridized carbons (Fsp3) is 0.278. The van der Waals surface area contributed by atoms with Gasteiger partial charge in [0, 0.05) is 11.1 Å². The minimum atomic E-state index is -0.641. The second-order valence-corrected chi connectivity index (χ2v) is 5.77. The van der Waals surface area contributed by atoms with E-state index in [4.69, 9.17) is 21.1 Å². The summed E-state index contributed by atoms with van der Waals surface area (Å²) in [6.45, 7) is 5.54. The standard InChI is InChI=1S/C18H20ClNO3/c1-11-6-5-7-14(8-11)23-13(3)18(21)20-16-9-12(2)15(19)10-17(16)22-4/h5-10,13H,1-4H3,(H,20,21). The van der Waals surface area contributed by atoms with E-state index in [-0.39, 0.29) is 5.91 Å². The summed E-state index contributed by atoms with van der Waals surface area (Å²) in [4.78, 5) is 12.3. The van der Waals surface area contributed by atoms with Crippen molar-refractivity contribution in [3.05, 3.63) is 52.5 Å². The average molecular weight is 334 g/mol. The first-order chi connectivity index (χ1) is 10.9. The number of methoxy groups -OCH3 is 1. The van der Waals surface area contributed by atoms with Gasteiger partial charge in [0.25, 0.3) is 5.91 Å². The van der Waals surface area contributed by atoms with Crippen LogP contribution in [0.25, 0.3) is 0 Å². The van der Waals surface area contributed by atoms with Crippen LogP contribution in [0.2, 0.25) is 5.02 Å². The monoisotopic (exact) mass is 333 g/mol. The fourth-order valence-electron chi connectivity index (χ4n) is 2.11. The lowest BCUT2D eigenvalue weighted by Crippen LogP contribution is -2.30. The molecule has 0 aliphatic carbocycles. The minimum absolute atomic E-state index is 0.258. The van der Waals surface area contributed by atoms with Crippen molar-refractivity contribution in [2.45, 2.75) is 26.9 Å². The largest absolute Gasteiger partial charge is 0.495 e. The van der Waals surface area contributed by atoms with Gasteiger partial charge in [-0.15, -0.1) is 0 Å². The molecule has 0 aliphatic rings. The van der Waals surface area contributed by atoms with Gasteiger partial charge in [0.1, 0.15) is 11.5 Å². The molecule has 0 spiro atoms. The van der Waals surface area contributed by atoms with E-state index in [0.717, 1.165) is 11.1 Å². The van der Waals surface area contributed by atoms with Gasteiger partial charge in [0.05, 0.1) is 12.8 Å². The second-order valence-electron chi connectivity index (χ2n) is 5.37. The molecule has 0 bridgehead atoms. The maximum absolute atomic E-state index is 12.3. The van der Waals surface area contributed by atoms with Crippen LogP contribution in [-0.4, -0.2) is 19.1 Å². The normalized spacial score (nSPS) is 11.7. The van der Waals surface area contributed by atoms with Gasteiger partial charge in [-0.1, -0.05) is 23.7 Å². The summed E-state index contributed by atoms with van der Waals surface area (Å²) in [6.07, 6.45) is -0.641. The van der Waals surface area contributed by atoms with Crippen LogP contribution < -0.4 is 14.8 Å². The third-order valence-electron chi connectivity index (χ3n) is 3.41. The summed E-state index contributed by atoms with van der Waals surface area (Å²) in [5.41, 5.74) is 2.50. The molecular weight excluding hydrogens is 314 g/mol. The van der Waals surface area contributed by atoms with E-state index in [9.17, 15) is 4.79 Å². The molecule has 23 heavy (non-hydrogen) atoms. The molecule has 0 saturated carbocycles. The van der Waals surface area contributed by atoms with Crippen molar-refractivity contribution >= 4 is 23.2 Å². The van der Waals surface area contributed by atoms with Gasteiger partial charge in [-0.2, -0.15) is 0 Å². The van der Waals surface area contributed by atoms with Gasteiger partial charge < -0.3 is 14.8 Å². The molecule has 0 heterocycles. The fourth-order valence-corrected chi connectivity index (χ4v) is 2.26. The number of amides is 1. The van der Waals surface area contributed by atoms with Crippen molar-refractivity contribution in [2.75, 3.05) is 12.4 Å². The molecule has 2 aromatic rings. The van der Waals surface area contributed by atoms with Crippen LogP contribution in [0.4, 0.5) is 5.69 Å². The molecule has 0 fully saturated rings. The van der Waals surface area contributed by atoms with Gasteiger partial charge in [0.2, 0.25) is 0 Å². The summed E-state index contributed by atoms with van der Waals surface area (Å²) in [7, 11) is 1.53. The van der Waals surface area contributed by atoms with Crippen molar-refractivity contribution in [2.24, 2.45) is 0 Å². The average Bonchev–Trinajstić information content (AvgIpc) is 2.50. The molecule has 2 rings (SSSR count). The molecule has 0 aliphatic heterocycles. The molecule has 0 radical (unpaired) electrons. The summed E-state index contributed by atoms with van der Waals surface area (Å²) in [5.74, 6) is 0.912. The molecule has 4 nitrogen and oxygen atoms in total. The Balaban J connectivity index is 2.11. The lowest BCUT2D eigenvalue weighted by molar-refractivity contribution is -0.122. The SMILES string of the molecule is COc1cc(Cl)c(C)cc1NC(=O)C(C)Oc1cccc(C)c1. The Morgan fingerprint density at radius 1 is 1.22 bits per heavy atom. The number of carbonyl (C=O) groups excluding carboxylic acids is 1. The van der Waals surface area contributed by atoms with Gasteiger partial charge in [-0.05, 0) is 50.1 Å². The number of hydrogen-bond donors (Lipinski definition) is 1. The zero-order valence-electron chi connectivity index (χ0n) is 13.6. The molecule has 0 aromatic heterocycles. The number of nitrogens with one attached hydrogen (secondary N) is 1. The summed E-state index contributed by atoms with van der Waals surface area (Å²) in [5, 5.41) is 3.40. The maximum Gasteiger partial charge on any atom is 0.265 e. The highest BCUT2D eigenvalue weighted by atomic mass is 35.5. The molecule has 5 heteroatoms. The van der Waals surface area contributed by atoms with E-state index in [0.29, 0.717) is 22.2 Å². The van der Waals surface area contributed by atoms with Crippen LogP contribution in [0, 0.1) is 13.8 Å². The van der Waals surface area contributed by atoms with E-state index < -0.39 is 6.10 Å². The molecule has 1 unspecified atom stereocenters. The Bertz CT molecular complexity index is 715. The van der Waals surface area contributed by atoms with Crippen LogP contribution in [0.3, 0.4) is 0 Å². The first-order valence-corrected chi connectivity index (χ1v) is 7.67. The Kier molecular flexibility index (Phi) is 5.50. The van der Waals surface area contributed by atoms with E-state index in [2.05, 4.69) is 5.32 Å². The van der Waals surface area contributed by atoms with Crippen LogP contribution in [0.15, 0.2) is 36.4 Å². The highest BCUT2D eigenvalue weighted by molar-refractivity contribution is 6.31. The first kappa shape index (κ1) is 17.2. The van der Waals surface area contributed by atoms with Crippen LogP contribution >= 0.6 is 11.6 Å². The molecule has 0 saturated heterocycles. The van der Waals surface area contributed by atoms with Crippen molar-refractivity contribution in [1.82, 2.24) is 0 Å². The number of carbonyl (C=O) groups is 1. The summed E-state index contributed by atoms with van der Waals surface area (Å²) < 4.78 is 10.9. The zero-order valence-corrected chi connectivity index (χ0v) is 14.4. The van der Waals surface area contributed by atoms with Gasteiger partial charge in [0.15, 0.2) is 6.10 Å². The Morgan fingerprint density at radius 2 is 1.96 bits per heavy atom. The third-order valence-corrected chi connectivity index (χ3v) is 3.82. The Labute approximate surface area is 141 Å². The van der Waals surface area contributed by atoms with Gasteiger partial charge in [-0.25, -0.2) is 0 Å². The van der Waals surface area contributed by atoms with Crippen LogP contribution in [0.1, 0.15) is 18.1 Å². The Morgan fingerprint density at radius 3 is 2.61 bits per heavy atom. The predicted octanol–water partition coefficient (Wildman–Crippen LogP) is 4.37. The van der Waals surface area contributed by atoms with E-state index >= 15 is 0 Å². The van der Waals surface area contributed by atoms with Crippen molar-refractivity contribution in [3.63, 3.8) is 0 Å². The lowest BCUT2D eigenvalue weighted by atomic mass is 10.2. The maximum atomic E-state index is 12.3. The smallest absolute Gasteiger partial charge is 0.265 e. The summed E-state index contributed by atoms with van der Waals surface area (Å²) in [6, 6.07) is 11.0. The first-order valence-electron chi connectivity index (χ1n) is 7.29. The number of aryl methyl sites for hydroxylation is 2. The number of anilines is 1. The highest BCUT2D eigenvalue weighted by Crippen LogP contribution is 2.31. The number of ether oxygens (including phenoxy) is 2. The van der Waals surface area contributed by atoms with Crippen LogP contribution in [0.5, 0.6) is 11.5 Å². The molecular formula is C18H20ClNO3. The van der Waals surface area contributed by atoms with E-state index in [1.165, 1.54) is 7.11 Å². The van der Waals surface area contributed by atoms with Crippen LogP contribution in [-0.2, 0) is 4.79 Å². The molecule has 1 amide bonds.